The maximum Gasteiger partial charge on any atom is 0.291 e. The Balaban J connectivity index is 1.72. The van der Waals surface area contributed by atoms with Gasteiger partial charge in [-0.2, -0.15) is 8.42 Å². The minimum atomic E-state index is -3.95. The fraction of sp³-hybridized carbons (Fsp3) is 0.167. The highest BCUT2D eigenvalue weighted by atomic mass is 32.2. The van der Waals surface area contributed by atoms with Gasteiger partial charge in [-0.15, -0.1) is 10.2 Å². The number of sulfonamides is 1. The molecule has 1 aromatic heterocycles. The highest BCUT2D eigenvalue weighted by Gasteiger charge is 2.21. The molecule has 8 nitrogen and oxygen atoms in total. The van der Waals surface area contributed by atoms with Gasteiger partial charge in [0.2, 0.25) is 5.13 Å². The number of rotatable bonds is 7. The Morgan fingerprint density at radius 2 is 1.82 bits per heavy atom. The molecule has 1 heterocycles. The Morgan fingerprint density at radius 3 is 2.54 bits per heavy atom. The van der Waals surface area contributed by atoms with Crippen LogP contribution in [0.4, 0.5) is 10.8 Å². The molecule has 10 heteroatoms. The molecule has 0 bridgehead atoms. The molecule has 0 atom stereocenters. The second kappa shape index (κ2) is 8.36. The third-order valence-electron chi connectivity index (χ3n) is 3.35. The Kier molecular flexibility index (Phi) is 5.90. The zero-order chi connectivity index (χ0) is 20.1. The van der Waals surface area contributed by atoms with Crippen LogP contribution in [0, 0.1) is 0 Å². The summed E-state index contributed by atoms with van der Waals surface area (Å²) in [6, 6.07) is 15.1. The molecule has 0 unspecified atom stereocenters. The van der Waals surface area contributed by atoms with E-state index in [1.54, 1.807) is 54.6 Å². The monoisotopic (exact) mass is 418 g/mol. The standard InChI is InChI=1S/C18H18N4O4S2/c1-12(2)26-15-10-6-9-14(11-15)22-28(24,25)18-21-20-17(27-18)19-16(23)13-7-4-3-5-8-13/h3-12,22H,1-2H3,(H,19,20,23). The van der Waals surface area contributed by atoms with Gasteiger partial charge in [0.25, 0.3) is 20.3 Å². The number of ether oxygens (including phenoxy) is 1. The first-order valence-electron chi connectivity index (χ1n) is 8.33. The number of benzene rings is 2. The van der Waals surface area contributed by atoms with Crippen molar-refractivity contribution in [1.29, 1.82) is 0 Å². The number of nitrogens with one attached hydrogen (secondary N) is 2. The largest absolute Gasteiger partial charge is 0.491 e. The molecule has 1 amide bonds. The van der Waals surface area contributed by atoms with Gasteiger partial charge in [0.15, 0.2) is 0 Å². The first kappa shape index (κ1) is 19.8. The number of nitrogens with zero attached hydrogens (tertiary/aromatic N) is 2. The van der Waals surface area contributed by atoms with Gasteiger partial charge in [0.05, 0.1) is 11.8 Å². The third-order valence-corrected chi connectivity index (χ3v) is 5.94. The molecule has 0 aliphatic heterocycles. The molecular weight excluding hydrogens is 400 g/mol. The molecule has 0 saturated heterocycles. The van der Waals surface area contributed by atoms with E-state index in [0.717, 1.165) is 11.3 Å². The third kappa shape index (κ3) is 5.05. The summed E-state index contributed by atoms with van der Waals surface area (Å²) >= 11 is 0.761. The van der Waals surface area contributed by atoms with Crippen LogP contribution >= 0.6 is 11.3 Å². The van der Waals surface area contributed by atoms with E-state index in [2.05, 4.69) is 20.2 Å². The Hall–Kier alpha value is -2.98. The fourth-order valence-corrected chi connectivity index (χ4v) is 4.18. The van der Waals surface area contributed by atoms with E-state index in [9.17, 15) is 13.2 Å². The van der Waals surface area contributed by atoms with Crippen molar-refractivity contribution in [2.45, 2.75) is 24.3 Å². The van der Waals surface area contributed by atoms with Crippen LogP contribution < -0.4 is 14.8 Å². The van der Waals surface area contributed by atoms with Crippen LogP contribution in [0.1, 0.15) is 24.2 Å². The minimum absolute atomic E-state index is 0.0363. The quantitative estimate of drug-likeness (QED) is 0.569. The zero-order valence-electron chi connectivity index (χ0n) is 15.1. The van der Waals surface area contributed by atoms with E-state index >= 15 is 0 Å². The number of carbonyl (C=O) groups excluding carboxylic acids is 1. The summed E-state index contributed by atoms with van der Waals surface area (Å²) in [5, 5.41) is 10.0. The van der Waals surface area contributed by atoms with Gasteiger partial charge in [-0.05, 0) is 38.1 Å². The van der Waals surface area contributed by atoms with Crippen LogP contribution in [0.25, 0.3) is 0 Å². The van der Waals surface area contributed by atoms with Crippen LogP contribution in [-0.4, -0.2) is 30.6 Å². The predicted molar refractivity (Wildman–Crippen MR) is 107 cm³/mol. The number of carbonyl (C=O) groups is 1. The SMILES string of the molecule is CC(C)Oc1cccc(NS(=O)(=O)c2nnc(NC(=O)c3ccccc3)s2)c1. The van der Waals surface area contributed by atoms with Gasteiger partial charge in [-0.1, -0.05) is 35.6 Å². The second-order valence-corrected chi connectivity index (χ2v) is 8.83. The summed E-state index contributed by atoms with van der Waals surface area (Å²) in [4.78, 5) is 12.1. The van der Waals surface area contributed by atoms with Crippen molar-refractivity contribution in [2.24, 2.45) is 0 Å². The van der Waals surface area contributed by atoms with Crippen LogP contribution in [0.2, 0.25) is 0 Å². The molecule has 3 aromatic rings. The summed E-state index contributed by atoms with van der Waals surface area (Å²) < 4.78 is 32.8. The molecule has 2 N–H and O–H groups in total. The van der Waals surface area contributed by atoms with Gasteiger partial charge in [0.1, 0.15) is 5.75 Å². The van der Waals surface area contributed by atoms with E-state index in [0.29, 0.717) is 17.0 Å². The molecule has 28 heavy (non-hydrogen) atoms. The molecule has 0 aliphatic carbocycles. The maximum atomic E-state index is 12.5. The van der Waals surface area contributed by atoms with Crippen molar-refractivity contribution in [3.05, 3.63) is 60.2 Å². The summed E-state index contributed by atoms with van der Waals surface area (Å²) in [7, 11) is -3.95. The lowest BCUT2D eigenvalue weighted by Gasteiger charge is -2.11. The normalized spacial score (nSPS) is 11.2. The highest BCUT2D eigenvalue weighted by molar-refractivity contribution is 7.94. The molecule has 0 radical (unpaired) electrons. The van der Waals surface area contributed by atoms with Crippen molar-refractivity contribution < 1.29 is 17.9 Å². The number of aromatic nitrogens is 2. The minimum Gasteiger partial charge on any atom is -0.491 e. The lowest BCUT2D eigenvalue weighted by molar-refractivity contribution is 0.102. The van der Waals surface area contributed by atoms with E-state index in [4.69, 9.17) is 4.74 Å². The molecule has 0 spiro atoms. The summed E-state index contributed by atoms with van der Waals surface area (Å²) in [6.07, 6.45) is -0.0363. The fourth-order valence-electron chi connectivity index (χ4n) is 2.23. The van der Waals surface area contributed by atoms with Crippen molar-refractivity contribution in [1.82, 2.24) is 10.2 Å². The summed E-state index contributed by atoms with van der Waals surface area (Å²) in [5.74, 6) is 0.149. The molecule has 0 saturated carbocycles. The lowest BCUT2D eigenvalue weighted by atomic mass is 10.2. The van der Waals surface area contributed by atoms with Crippen molar-refractivity contribution >= 4 is 38.1 Å². The van der Waals surface area contributed by atoms with Crippen LogP contribution in [0.15, 0.2) is 58.9 Å². The Labute approximate surface area is 166 Å². The van der Waals surface area contributed by atoms with Crippen LogP contribution in [-0.2, 0) is 10.0 Å². The molecule has 0 aliphatic rings. The van der Waals surface area contributed by atoms with Crippen molar-refractivity contribution in [3.63, 3.8) is 0 Å². The first-order chi connectivity index (χ1) is 13.3. The number of hydrogen-bond acceptors (Lipinski definition) is 7. The number of hydrogen-bond donors (Lipinski definition) is 2. The highest BCUT2D eigenvalue weighted by Crippen LogP contribution is 2.25. The Morgan fingerprint density at radius 1 is 1.07 bits per heavy atom. The molecule has 3 rings (SSSR count). The predicted octanol–water partition coefficient (Wildman–Crippen LogP) is 3.38. The molecule has 0 fully saturated rings. The average Bonchev–Trinajstić information content (AvgIpc) is 3.11. The average molecular weight is 419 g/mol. The van der Waals surface area contributed by atoms with Crippen LogP contribution in [0.5, 0.6) is 5.75 Å². The van der Waals surface area contributed by atoms with Crippen LogP contribution in [0.3, 0.4) is 0 Å². The number of amides is 1. The second-order valence-electron chi connectivity index (χ2n) is 5.99. The topological polar surface area (TPSA) is 110 Å². The first-order valence-corrected chi connectivity index (χ1v) is 10.6. The molecule has 2 aromatic carbocycles. The van der Waals surface area contributed by atoms with Gasteiger partial charge in [0, 0.05) is 11.6 Å². The summed E-state index contributed by atoms with van der Waals surface area (Å²) in [5.41, 5.74) is 0.769. The summed E-state index contributed by atoms with van der Waals surface area (Å²) in [6.45, 7) is 3.76. The van der Waals surface area contributed by atoms with Gasteiger partial charge >= 0.3 is 0 Å². The smallest absolute Gasteiger partial charge is 0.291 e. The van der Waals surface area contributed by atoms with Gasteiger partial charge in [-0.25, -0.2) is 0 Å². The number of anilines is 2. The van der Waals surface area contributed by atoms with E-state index in [-0.39, 0.29) is 15.6 Å². The van der Waals surface area contributed by atoms with E-state index in [1.165, 1.54) is 0 Å². The maximum absolute atomic E-state index is 12.5. The lowest BCUT2D eigenvalue weighted by Crippen LogP contribution is -2.13. The molecular formula is C18H18N4O4S2. The Bertz CT molecular complexity index is 1070. The van der Waals surface area contributed by atoms with Gasteiger partial charge < -0.3 is 4.74 Å². The molecule has 146 valence electrons. The van der Waals surface area contributed by atoms with E-state index < -0.39 is 15.9 Å². The van der Waals surface area contributed by atoms with Gasteiger partial charge in [-0.3, -0.25) is 14.8 Å². The van der Waals surface area contributed by atoms with Crippen molar-refractivity contribution in [3.8, 4) is 5.75 Å². The zero-order valence-corrected chi connectivity index (χ0v) is 16.8. The van der Waals surface area contributed by atoms with Crippen molar-refractivity contribution in [2.75, 3.05) is 10.0 Å². The van der Waals surface area contributed by atoms with E-state index in [1.807, 2.05) is 13.8 Å².